The molecule has 0 amide bonds. The summed E-state index contributed by atoms with van der Waals surface area (Å²) in [4.78, 5) is 20.2. The van der Waals surface area contributed by atoms with Gasteiger partial charge in [-0.1, -0.05) is 19.3 Å². The van der Waals surface area contributed by atoms with Crippen LogP contribution < -0.4 is 10.9 Å². The van der Waals surface area contributed by atoms with E-state index in [1.165, 1.54) is 32.1 Å². The number of carboxylic acids is 1. The molecule has 1 aromatic rings. The predicted octanol–water partition coefficient (Wildman–Crippen LogP) is 2.47. The fraction of sp³-hybridized carbons (Fsp3) is 0.750. The van der Waals surface area contributed by atoms with Crippen molar-refractivity contribution in [2.75, 3.05) is 6.54 Å². The summed E-state index contributed by atoms with van der Waals surface area (Å²) in [5.41, 5.74) is -0.113. The van der Waals surface area contributed by atoms with Gasteiger partial charge in [-0.3, -0.25) is 9.59 Å². The first-order chi connectivity index (χ1) is 10.6. The van der Waals surface area contributed by atoms with E-state index in [0.29, 0.717) is 12.0 Å². The summed E-state index contributed by atoms with van der Waals surface area (Å²) >= 11 is 0. The lowest BCUT2D eigenvalue weighted by Crippen LogP contribution is -2.43. The standard InChI is InChI=1S/C14H22N2O2.C2H4O2/c17-14-9-13(18-16-14)11-6-7-15-12(8-11)10-4-2-1-3-5-10;1-2(3)4/h9-12,15H,1-8H2,(H,16,17);1H3,(H,3,4)/t11-,12+;/m0./s1. The predicted molar refractivity (Wildman–Crippen MR) is 83.0 cm³/mol. The molecule has 6 nitrogen and oxygen atoms in total. The largest absolute Gasteiger partial charge is 0.481 e. The highest BCUT2D eigenvalue weighted by Crippen LogP contribution is 2.34. The van der Waals surface area contributed by atoms with Gasteiger partial charge in [-0.2, -0.15) is 5.16 Å². The Labute approximate surface area is 130 Å². The lowest BCUT2D eigenvalue weighted by atomic mass is 9.77. The summed E-state index contributed by atoms with van der Waals surface area (Å²) in [6.07, 6.45) is 9.08. The van der Waals surface area contributed by atoms with Crippen molar-refractivity contribution in [3.63, 3.8) is 0 Å². The maximum absolute atomic E-state index is 11.2. The van der Waals surface area contributed by atoms with Crippen molar-refractivity contribution in [2.45, 2.75) is 63.8 Å². The summed E-state index contributed by atoms with van der Waals surface area (Å²) in [6, 6.07) is 2.23. The van der Waals surface area contributed by atoms with Crippen molar-refractivity contribution in [1.29, 1.82) is 0 Å². The van der Waals surface area contributed by atoms with Gasteiger partial charge in [-0.15, -0.1) is 0 Å². The van der Waals surface area contributed by atoms with Crippen molar-refractivity contribution in [3.8, 4) is 0 Å². The average Bonchev–Trinajstić information content (AvgIpc) is 2.94. The first kappa shape index (κ1) is 16.8. The average molecular weight is 310 g/mol. The number of rotatable bonds is 2. The molecule has 2 heterocycles. The van der Waals surface area contributed by atoms with Gasteiger partial charge in [-0.05, 0) is 38.1 Å². The third-order valence-corrected chi connectivity index (χ3v) is 4.60. The molecule has 124 valence electrons. The highest BCUT2D eigenvalue weighted by atomic mass is 16.5. The molecule has 3 N–H and O–H groups in total. The van der Waals surface area contributed by atoms with Crippen LogP contribution in [0.3, 0.4) is 0 Å². The van der Waals surface area contributed by atoms with Gasteiger partial charge in [0, 0.05) is 24.9 Å². The van der Waals surface area contributed by atoms with Gasteiger partial charge in [0.2, 0.25) is 0 Å². The number of aromatic amines is 1. The molecule has 2 aliphatic rings. The second-order valence-electron chi connectivity index (χ2n) is 6.31. The maximum Gasteiger partial charge on any atom is 0.300 e. The molecule has 6 heteroatoms. The van der Waals surface area contributed by atoms with E-state index in [2.05, 4.69) is 10.5 Å². The Morgan fingerprint density at radius 1 is 1.27 bits per heavy atom. The quantitative estimate of drug-likeness (QED) is 0.780. The van der Waals surface area contributed by atoms with Crippen molar-refractivity contribution >= 4 is 5.97 Å². The number of hydrogen-bond donors (Lipinski definition) is 3. The summed E-state index contributed by atoms with van der Waals surface area (Å²) in [7, 11) is 0. The molecule has 1 saturated carbocycles. The van der Waals surface area contributed by atoms with Gasteiger partial charge in [-0.25, -0.2) is 0 Å². The molecule has 0 radical (unpaired) electrons. The van der Waals surface area contributed by atoms with Crippen LogP contribution >= 0.6 is 0 Å². The Hall–Kier alpha value is -1.56. The number of H-pyrrole nitrogens is 1. The Morgan fingerprint density at radius 3 is 2.55 bits per heavy atom. The van der Waals surface area contributed by atoms with E-state index >= 15 is 0 Å². The zero-order valence-corrected chi connectivity index (χ0v) is 13.1. The van der Waals surface area contributed by atoms with Crippen LogP contribution in [0.2, 0.25) is 0 Å². The number of nitrogens with one attached hydrogen (secondary N) is 2. The molecule has 22 heavy (non-hydrogen) atoms. The SMILES string of the molecule is CC(=O)O.O=c1cc([C@H]2CCN[C@@H](C3CCCCC3)C2)o[nH]1. The monoisotopic (exact) mass is 310 g/mol. The number of carboxylic acid groups (broad SMARTS) is 1. The van der Waals surface area contributed by atoms with Gasteiger partial charge < -0.3 is 14.9 Å². The summed E-state index contributed by atoms with van der Waals surface area (Å²) in [5, 5.41) is 13.5. The van der Waals surface area contributed by atoms with Gasteiger partial charge in [0.05, 0.1) is 0 Å². The fourth-order valence-electron chi connectivity index (χ4n) is 3.60. The van der Waals surface area contributed by atoms with Crippen molar-refractivity contribution < 1.29 is 14.4 Å². The lowest BCUT2D eigenvalue weighted by Gasteiger charge is -2.36. The Bertz CT molecular complexity index is 512. The van der Waals surface area contributed by atoms with Crippen molar-refractivity contribution in [2.24, 2.45) is 5.92 Å². The van der Waals surface area contributed by atoms with Crippen LogP contribution in [0.1, 0.15) is 63.5 Å². The molecule has 2 fully saturated rings. The second kappa shape index (κ2) is 8.17. The minimum atomic E-state index is -0.833. The van der Waals surface area contributed by atoms with E-state index in [9.17, 15) is 4.79 Å². The van der Waals surface area contributed by atoms with Crippen LogP contribution in [0, 0.1) is 5.92 Å². The zero-order chi connectivity index (χ0) is 15.9. The topological polar surface area (TPSA) is 95.3 Å². The Balaban J connectivity index is 0.000000396. The van der Waals surface area contributed by atoms with E-state index in [1.807, 2.05) is 0 Å². The van der Waals surface area contributed by atoms with Crippen LogP contribution in [0.15, 0.2) is 15.4 Å². The molecule has 0 spiro atoms. The number of carbonyl (C=O) groups is 1. The van der Waals surface area contributed by atoms with E-state index in [0.717, 1.165) is 38.0 Å². The van der Waals surface area contributed by atoms with Crippen LogP contribution in [0.4, 0.5) is 0 Å². The van der Waals surface area contributed by atoms with Crippen LogP contribution in [0.25, 0.3) is 0 Å². The van der Waals surface area contributed by atoms with E-state index in [-0.39, 0.29) is 5.56 Å². The summed E-state index contributed by atoms with van der Waals surface area (Å²) in [5.74, 6) is 1.26. The van der Waals surface area contributed by atoms with Gasteiger partial charge in [0.1, 0.15) is 5.76 Å². The van der Waals surface area contributed by atoms with E-state index in [1.54, 1.807) is 6.07 Å². The molecular weight excluding hydrogens is 284 g/mol. The maximum atomic E-state index is 11.2. The molecule has 1 saturated heterocycles. The molecule has 0 bridgehead atoms. The number of aliphatic carboxylic acids is 1. The third kappa shape index (κ3) is 5.02. The molecule has 1 aromatic heterocycles. The van der Waals surface area contributed by atoms with Gasteiger partial charge in [0.15, 0.2) is 0 Å². The number of aromatic nitrogens is 1. The minimum Gasteiger partial charge on any atom is -0.481 e. The highest BCUT2D eigenvalue weighted by molar-refractivity contribution is 5.62. The molecular formula is C16H26N2O4. The normalized spacial score (nSPS) is 26.0. The number of piperidine rings is 1. The highest BCUT2D eigenvalue weighted by Gasteiger charge is 2.31. The molecule has 0 aromatic carbocycles. The smallest absolute Gasteiger partial charge is 0.300 e. The van der Waals surface area contributed by atoms with Gasteiger partial charge in [0.25, 0.3) is 11.5 Å². The first-order valence-electron chi connectivity index (χ1n) is 8.17. The van der Waals surface area contributed by atoms with E-state index in [4.69, 9.17) is 14.4 Å². The molecule has 1 aliphatic heterocycles. The Kier molecular flexibility index (Phi) is 6.24. The third-order valence-electron chi connectivity index (χ3n) is 4.60. The van der Waals surface area contributed by atoms with Crippen molar-refractivity contribution in [1.82, 2.24) is 10.5 Å². The summed E-state index contributed by atoms with van der Waals surface area (Å²) < 4.78 is 5.27. The fourth-order valence-corrected chi connectivity index (χ4v) is 3.60. The molecule has 3 rings (SSSR count). The van der Waals surface area contributed by atoms with Crippen LogP contribution in [-0.4, -0.2) is 28.8 Å². The second-order valence-corrected chi connectivity index (χ2v) is 6.31. The zero-order valence-electron chi connectivity index (χ0n) is 13.1. The summed E-state index contributed by atoms with van der Waals surface area (Å²) in [6.45, 7) is 2.13. The lowest BCUT2D eigenvalue weighted by molar-refractivity contribution is -0.134. The van der Waals surface area contributed by atoms with Gasteiger partial charge >= 0.3 is 0 Å². The molecule has 0 unspecified atom stereocenters. The van der Waals surface area contributed by atoms with E-state index < -0.39 is 5.97 Å². The number of hydrogen-bond acceptors (Lipinski definition) is 4. The minimum absolute atomic E-state index is 0.113. The first-order valence-corrected chi connectivity index (χ1v) is 8.17. The molecule has 2 atom stereocenters. The molecule has 1 aliphatic carbocycles. The Morgan fingerprint density at radius 2 is 1.95 bits per heavy atom. The van der Waals surface area contributed by atoms with Crippen LogP contribution in [-0.2, 0) is 4.79 Å². The van der Waals surface area contributed by atoms with Crippen LogP contribution in [0.5, 0.6) is 0 Å². The van der Waals surface area contributed by atoms with Crippen molar-refractivity contribution in [3.05, 3.63) is 22.2 Å².